The topological polar surface area (TPSA) is 29.9 Å². The molecule has 0 fully saturated rings. The Hall–Kier alpha value is -0.990. The molecule has 1 atom stereocenters. The fraction of sp³-hybridized carbons (Fsp3) is 0.786. The van der Waals surface area contributed by atoms with E-state index in [4.69, 9.17) is 5.10 Å². The molecule has 3 heteroatoms. The van der Waals surface area contributed by atoms with Crippen LogP contribution in [-0.2, 0) is 6.42 Å². The van der Waals surface area contributed by atoms with Gasteiger partial charge in [0.25, 0.3) is 0 Å². The second-order valence-corrected chi connectivity index (χ2v) is 6.17. The molecule has 1 N–H and O–H groups in total. The fourth-order valence-electron chi connectivity index (χ4n) is 2.55. The van der Waals surface area contributed by atoms with Gasteiger partial charge in [0, 0.05) is 12.6 Å². The van der Waals surface area contributed by atoms with Crippen molar-refractivity contribution < 1.29 is 0 Å². The van der Waals surface area contributed by atoms with E-state index in [-0.39, 0.29) is 5.41 Å². The van der Waals surface area contributed by atoms with Gasteiger partial charge >= 0.3 is 0 Å². The average Bonchev–Trinajstić information content (AvgIpc) is 2.66. The van der Waals surface area contributed by atoms with Gasteiger partial charge in [0.15, 0.2) is 0 Å². The molecule has 0 aromatic carbocycles. The Morgan fingerprint density at radius 2 is 2.24 bits per heavy atom. The van der Waals surface area contributed by atoms with Crippen LogP contribution >= 0.6 is 0 Å². The monoisotopic (exact) mass is 235 g/mol. The van der Waals surface area contributed by atoms with Gasteiger partial charge in [-0.2, -0.15) is 5.10 Å². The van der Waals surface area contributed by atoms with Crippen LogP contribution in [0.2, 0.25) is 0 Å². The van der Waals surface area contributed by atoms with Gasteiger partial charge in [0.1, 0.15) is 5.82 Å². The third-order valence-corrected chi connectivity index (χ3v) is 3.59. The first-order valence-corrected chi connectivity index (χ1v) is 6.84. The van der Waals surface area contributed by atoms with Crippen molar-refractivity contribution in [2.75, 3.05) is 11.9 Å². The van der Waals surface area contributed by atoms with Crippen molar-refractivity contribution in [3.05, 3.63) is 11.8 Å². The van der Waals surface area contributed by atoms with E-state index in [0.717, 1.165) is 13.0 Å². The first kappa shape index (κ1) is 12.5. The van der Waals surface area contributed by atoms with Crippen LogP contribution in [0.1, 0.15) is 58.7 Å². The summed E-state index contributed by atoms with van der Waals surface area (Å²) in [7, 11) is 0. The summed E-state index contributed by atoms with van der Waals surface area (Å²) in [5.74, 6) is 1.21. The third-order valence-electron chi connectivity index (χ3n) is 3.59. The molecule has 17 heavy (non-hydrogen) atoms. The van der Waals surface area contributed by atoms with E-state index in [0.29, 0.717) is 6.04 Å². The van der Waals surface area contributed by atoms with Crippen molar-refractivity contribution >= 4 is 5.82 Å². The SMILES string of the molecule is CCCCc1cc2n(n1)C(C(C)(C)C)CCN2. The predicted octanol–water partition coefficient (Wildman–Crippen LogP) is 3.63. The zero-order chi connectivity index (χ0) is 12.5. The molecule has 2 heterocycles. The van der Waals surface area contributed by atoms with Gasteiger partial charge < -0.3 is 5.32 Å². The molecule has 0 radical (unpaired) electrons. The molecule has 0 spiro atoms. The van der Waals surface area contributed by atoms with Crippen molar-refractivity contribution in [2.45, 2.75) is 59.4 Å². The Kier molecular flexibility index (Phi) is 3.45. The molecule has 1 aromatic rings. The van der Waals surface area contributed by atoms with Gasteiger partial charge in [-0.15, -0.1) is 0 Å². The number of rotatable bonds is 3. The zero-order valence-corrected chi connectivity index (χ0v) is 11.6. The van der Waals surface area contributed by atoms with Gasteiger partial charge in [0.05, 0.1) is 11.7 Å². The number of aryl methyl sites for hydroxylation is 1. The van der Waals surface area contributed by atoms with Gasteiger partial charge in [-0.25, -0.2) is 4.68 Å². The van der Waals surface area contributed by atoms with E-state index in [9.17, 15) is 0 Å². The highest BCUT2D eigenvalue weighted by Crippen LogP contribution is 2.37. The maximum absolute atomic E-state index is 4.79. The molecule has 1 unspecified atom stereocenters. The summed E-state index contributed by atoms with van der Waals surface area (Å²) < 4.78 is 2.22. The molecule has 3 nitrogen and oxygen atoms in total. The van der Waals surface area contributed by atoms with Crippen molar-refractivity contribution in [3.63, 3.8) is 0 Å². The van der Waals surface area contributed by atoms with Gasteiger partial charge in [-0.05, 0) is 24.7 Å². The Balaban J connectivity index is 2.22. The van der Waals surface area contributed by atoms with E-state index >= 15 is 0 Å². The van der Waals surface area contributed by atoms with Crippen LogP contribution in [0.5, 0.6) is 0 Å². The van der Waals surface area contributed by atoms with E-state index in [2.05, 4.69) is 43.8 Å². The molecule has 0 bridgehead atoms. The van der Waals surface area contributed by atoms with E-state index in [1.165, 1.54) is 30.8 Å². The minimum absolute atomic E-state index is 0.283. The molecular formula is C14H25N3. The Bertz CT molecular complexity index is 373. The molecule has 0 amide bonds. The second kappa shape index (κ2) is 4.71. The smallest absolute Gasteiger partial charge is 0.124 e. The molecule has 0 saturated heterocycles. The number of anilines is 1. The summed E-state index contributed by atoms with van der Waals surface area (Å²) in [5, 5.41) is 8.25. The maximum Gasteiger partial charge on any atom is 0.124 e. The van der Waals surface area contributed by atoms with Crippen LogP contribution in [0.3, 0.4) is 0 Å². The van der Waals surface area contributed by atoms with Crippen LogP contribution in [-0.4, -0.2) is 16.3 Å². The number of aromatic nitrogens is 2. The summed E-state index contributed by atoms with van der Waals surface area (Å²) in [4.78, 5) is 0. The molecule has 2 rings (SSSR count). The van der Waals surface area contributed by atoms with Crippen molar-refractivity contribution in [3.8, 4) is 0 Å². The minimum atomic E-state index is 0.283. The number of hydrogen-bond acceptors (Lipinski definition) is 2. The first-order chi connectivity index (χ1) is 8.02. The van der Waals surface area contributed by atoms with Crippen LogP contribution in [0.4, 0.5) is 5.82 Å². The van der Waals surface area contributed by atoms with Gasteiger partial charge in [-0.3, -0.25) is 0 Å². The molecule has 1 aliphatic rings. The van der Waals surface area contributed by atoms with Crippen molar-refractivity contribution in [1.82, 2.24) is 9.78 Å². The highest BCUT2D eigenvalue weighted by atomic mass is 15.4. The minimum Gasteiger partial charge on any atom is -0.370 e. The summed E-state index contributed by atoms with van der Waals surface area (Å²) in [6, 6.07) is 2.75. The third kappa shape index (κ3) is 2.64. The van der Waals surface area contributed by atoms with Crippen LogP contribution < -0.4 is 5.32 Å². The highest BCUT2D eigenvalue weighted by Gasteiger charge is 2.31. The van der Waals surface area contributed by atoms with Gasteiger partial charge in [-0.1, -0.05) is 34.1 Å². The normalized spacial score (nSPS) is 19.9. The second-order valence-electron chi connectivity index (χ2n) is 6.17. The maximum atomic E-state index is 4.79. The molecule has 1 aromatic heterocycles. The van der Waals surface area contributed by atoms with E-state index in [1.54, 1.807) is 0 Å². The van der Waals surface area contributed by atoms with Crippen LogP contribution in [0.25, 0.3) is 0 Å². The van der Waals surface area contributed by atoms with Crippen LogP contribution in [0.15, 0.2) is 6.07 Å². The van der Waals surface area contributed by atoms with E-state index < -0.39 is 0 Å². The summed E-state index contributed by atoms with van der Waals surface area (Å²) >= 11 is 0. The van der Waals surface area contributed by atoms with Crippen LogP contribution in [0, 0.1) is 5.41 Å². The Morgan fingerprint density at radius 1 is 1.47 bits per heavy atom. The number of unbranched alkanes of at least 4 members (excludes halogenated alkanes) is 1. The fourth-order valence-corrected chi connectivity index (χ4v) is 2.55. The molecule has 0 saturated carbocycles. The molecular weight excluding hydrogens is 210 g/mol. The summed E-state index contributed by atoms with van der Waals surface area (Å²) in [5.41, 5.74) is 1.52. The lowest BCUT2D eigenvalue weighted by atomic mass is 9.84. The number of hydrogen-bond donors (Lipinski definition) is 1. The quantitative estimate of drug-likeness (QED) is 0.867. The molecule has 96 valence electrons. The lowest BCUT2D eigenvalue weighted by Crippen LogP contribution is -2.32. The number of nitrogens with zero attached hydrogens (tertiary/aromatic N) is 2. The largest absolute Gasteiger partial charge is 0.370 e. The number of nitrogens with one attached hydrogen (secondary N) is 1. The standard InChI is InChI=1S/C14H25N3/c1-5-6-7-11-10-13-15-9-8-12(14(2,3)4)17(13)16-11/h10,12,15H,5-9H2,1-4H3. The molecule has 1 aliphatic heterocycles. The highest BCUT2D eigenvalue weighted by molar-refractivity contribution is 5.39. The first-order valence-electron chi connectivity index (χ1n) is 6.84. The Morgan fingerprint density at radius 3 is 2.88 bits per heavy atom. The van der Waals surface area contributed by atoms with Gasteiger partial charge in [0.2, 0.25) is 0 Å². The van der Waals surface area contributed by atoms with Crippen molar-refractivity contribution in [2.24, 2.45) is 5.41 Å². The summed E-state index contributed by atoms with van der Waals surface area (Å²) in [6.07, 6.45) is 4.75. The zero-order valence-electron chi connectivity index (χ0n) is 11.6. The average molecular weight is 235 g/mol. The number of fused-ring (bicyclic) bond motifs is 1. The van der Waals surface area contributed by atoms with Crippen molar-refractivity contribution in [1.29, 1.82) is 0 Å². The predicted molar refractivity (Wildman–Crippen MR) is 72.4 cm³/mol. The lowest BCUT2D eigenvalue weighted by Gasteiger charge is -2.35. The summed E-state index contributed by atoms with van der Waals surface area (Å²) in [6.45, 7) is 10.2. The van der Waals surface area contributed by atoms with E-state index in [1.807, 2.05) is 0 Å². The molecule has 0 aliphatic carbocycles. The Labute approximate surface area is 105 Å². The lowest BCUT2D eigenvalue weighted by molar-refractivity contribution is 0.209.